The van der Waals surface area contributed by atoms with Crippen LogP contribution in [0, 0.1) is 0 Å². The number of carboxylic acid groups (broad SMARTS) is 1. The highest BCUT2D eigenvalue weighted by molar-refractivity contribution is 5.98. The van der Waals surface area contributed by atoms with E-state index in [4.69, 9.17) is 5.11 Å². The van der Waals surface area contributed by atoms with Gasteiger partial charge in [0.2, 0.25) is 5.91 Å². The number of aliphatic carboxylic acids is 1. The van der Waals surface area contributed by atoms with Crippen LogP contribution < -0.4 is 5.32 Å². The van der Waals surface area contributed by atoms with E-state index in [0.717, 1.165) is 6.08 Å². The van der Waals surface area contributed by atoms with Gasteiger partial charge < -0.3 is 15.3 Å². The molecule has 2 amide bonds. The van der Waals surface area contributed by atoms with E-state index in [1.807, 2.05) is 0 Å². The van der Waals surface area contributed by atoms with Gasteiger partial charge in [0.1, 0.15) is 5.69 Å². The van der Waals surface area contributed by atoms with Crippen LogP contribution >= 0.6 is 0 Å². The normalized spacial score (nSPS) is 10.4. The quantitative estimate of drug-likeness (QED) is 0.738. The van der Waals surface area contributed by atoms with Crippen LogP contribution in [0.3, 0.4) is 0 Å². The molecule has 0 unspecified atom stereocenters. The minimum absolute atomic E-state index is 0.0919. The van der Waals surface area contributed by atoms with Crippen molar-refractivity contribution in [3.8, 4) is 0 Å². The molecule has 21 heavy (non-hydrogen) atoms. The van der Waals surface area contributed by atoms with Crippen molar-refractivity contribution in [1.29, 1.82) is 0 Å². The molecule has 7 heteroatoms. The summed E-state index contributed by atoms with van der Waals surface area (Å²) in [6, 6.07) is 3.18. The van der Waals surface area contributed by atoms with Gasteiger partial charge in [-0.25, -0.2) is 4.79 Å². The maximum Gasteiger partial charge on any atom is 0.328 e. The van der Waals surface area contributed by atoms with E-state index >= 15 is 0 Å². The number of aromatic nitrogens is 1. The fourth-order valence-corrected chi connectivity index (χ4v) is 1.61. The highest BCUT2D eigenvalue weighted by Gasteiger charge is 2.18. The minimum atomic E-state index is -1.12. The molecule has 0 aliphatic carbocycles. The number of hydrogen-bond donors (Lipinski definition) is 2. The molecule has 0 aromatic carbocycles. The van der Waals surface area contributed by atoms with Crippen LogP contribution in [0.4, 0.5) is 0 Å². The van der Waals surface area contributed by atoms with E-state index in [0.29, 0.717) is 12.1 Å². The van der Waals surface area contributed by atoms with Crippen molar-refractivity contribution in [2.75, 3.05) is 20.1 Å². The molecule has 0 aliphatic heterocycles. The molecule has 1 aromatic heterocycles. The van der Waals surface area contributed by atoms with E-state index in [1.165, 1.54) is 24.2 Å². The first-order valence-corrected chi connectivity index (χ1v) is 6.34. The largest absolute Gasteiger partial charge is 0.478 e. The zero-order chi connectivity index (χ0) is 15.8. The zero-order valence-electron chi connectivity index (χ0n) is 11.9. The third-order valence-corrected chi connectivity index (χ3v) is 2.55. The second kappa shape index (κ2) is 7.78. The summed E-state index contributed by atoms with van der Waals surface area (Å²) in [4.78, 5) is 39.5. The first-order valence-electron chi connectivity index (χ1n) is 6.34. The molecule has 1 heterocycles. The minimum Gasteiger partial charge on any atom is -0.478 e. The Morgan fingerprint density at radius 2 is 2.14 bits per heavy atom. The fraction of sp³-hybridized carbons (Fsp3) is 0.286. The summed E-state index contributed by atoms with van der Waals surface area (Å²) >= 11 is 0. The van der Waals surface area contributed by atoms with E-state index in [2.05, 4.69) is 10.3 Å². The van der Waals surface area contributed by atoms with Crippen LogP contribution in [0.1, 0.15) is 23.0 Å². The van der Waals surface area contributed by atoms with Gasteiger partial charge in [-0.15, -0.1) is 0 Å². The Kier molecular flexibility index (Phi) is 6.06. The zero-order valence-corrected chi connectivity index (χ0v) is 11.9. The Morgan fingerprint density at radius 3 is 2.76 bits per heavy atom. The van der Waals surface area contributed by atoms with Gasteiger partial charge in [0.25, 0.3) is 5.91 Å². The summed E-state index contributed by atoms with van der Waals surface area (Å²) in [5.41, 5.74) is 0.481. The average Bonchev–Trinajstić information content (AvgIpc) is 2.44. The van der Waals surface area contributed by atoms with Gasteiger partial charge in [-0.2, -0.15) is 0 Å². The maximum atomic E-state index is 12.3. The molecular formula is C14H17N3O4. The number of carbonyl (C=O) groups is 3. The van der Waals surface area contributed by atoms with Crippen LogP contribution in [0.15, 0.2) is 24.4 Å². The average molecular weight is 291 g/mol. The predicted octanol–water partition coefficient (Wildman–Crippen LogP) is 0.387. The molecule has 0 atom stereocenters. The smallest absolute Gasteiger partial charge is 0.328 e. The number of likely N-dealkylation sites (N-methyl/N-ethyl adjacent to an activating group) is 2. The molecule has 0 bridgehead atoms. The van der Waals surface area contributed by atoms with Crippen LogP contribution in [-0.4, -0.2) is 52.9 Å². The number of carboxylic acids is 1. The van der Waals surface area contributed by atoms with Crippen LogP contribution in [0.5, 0.6) is 0 Å². The van der Waals surface area contributed by atoms with Gasteiger partial charge in [-0.05, 0) is 19.1 Å². The fourth-order valence-electron chi connectivity index (χ4n) is 1.61. The van der Waals surface area contributed by atoms with Gasteiger partial charge in [-0.1, -0.05) is 6.07 Å². The molecule has 1 rings (SSSR count). The second-order valence-corrected chi connectivity index (χ2v) is 4.23. The van der Waals surface area contributed by atoms with Crippen molar-refractivity contribution in [1.82, 2.24) is 15.2 Å². The number of amides is 2. The first-order chi connectivity index (χ1) is 9.95. The predicted molar refractivity (Wildman–Crippen MR) is 76.6 cm³/mol. The number of rotatable bonds is 6. The van der Waals surface area contributed by atoms with Crippen molar-refractivity contribution in [3.05, 3.63) is 35.7 Å². The van der Waals surface area contributed by atoms with Gasteiger partial charge in [0.15, 0.2) is 0 Å². The number of carbonyl (C=O) groups excluding carboxylic acids is 2. The van der Waals surface area contributed by atoms with Crippen molar-refractivity contribution in [2.24, 2.45) is 0 Å². The molecule has 1 aromatic rings. The summed E-state index contributed by atoms with van der Waals surface area (Å²) in [7, 11) is 1.48. The Labute approximate surface area is 122 Å². The van der Waals surface area contributed by atoms with Crippen molar-refractivity contribution >= 4 is 23.9 Å². The van der Waals surface area contributed by atoms with Gasteiger partial charge in [0.05, 0.1) is 6.54 Å². The van der Waals surface area contributed by atoms with Crippen LogP contribution in [0.25, 0.3) is 6.08 Å². The molecular weight excluding hydrogens is 274 g/mol. The summed E-state index contributed by atoms with van der Waals surface area (Å²) in [5.74, 6) is -1.84. The van der Waals surface area contributed by atoms with Gasteiger partial charge in [0, 0.05) is 31.4 Å². The van der Waals surface area contributed by atoms with Crippen molar-refractivity contribution < 1.29 is 19.5 Å². The number of pyridine rings is 1. The molecule has 0 radical (unpaired) electrons. The molecule has 0 fully saturated rings. The summed E-state index contributed by atoms with van der Waals surface area (Å²) in [6.07, 6.45) is 3.66. The second-order valence-electron chi connectivity index (χ2n) is 4.23. The van der Waals surface area contributed by atoms with Crippen molar-refractivity contribution in [2.45, 2.75) is 6.92 Å². The standard InChI is InChI=1S/C14H17N3O4/c1-3-15-11(18)9-17(2)14(21)13-10(5-4-8-16-13)6-7-12(19)20/h4-8H,3,9H2,1-2H3,(H,15,18)(H,19,20)/b7-6+. The molecule has 0 spiro atoms. The molecule has 112 valence electrons. The third-order valence-electron chi connectivity index (χ3n) is 2.55. The number of nitrogens with zero attached hydrogens (tertiary/aromatic N) is 2. The SMILES string of the molecule is CCNC(=O)CN(C)C(=O)c1ncccc1/C=C/C(=O)O. The Bertz CT molecular complexity index is 569. The van der Waals surface area contributed by atoms with E-state index in [9.17, 15) is 14.4 Å². The highest BCUT2D eigenvalue weighted by atomic mass is 16.4. The van der Waals surface area contributed by atoms with Crippen molar-refractivity contribution in [3.63, 3.8) is 0 Å². The molecule has 2 N–H and O–H groups in total. The summed E-state index contributed by atoms with van der Waals surface area (Å²) in [6.45, 7) is 2.18. The lowest BCUT2D eigenvalue weighted by molar-refractivity contribution is -0.131. The maximum absolute atomic E-state index is 12.3. The van der Waals surface area contributed by atoms with Crippen LogP contribution in [-0.2, 0) is 9.59 Å². The molecule has 0 saturated heterocycles. The molecule has 7 nitrogen and oxygen atoms in total. The van der Waals surface area contributed by atoms with Crippen LogP contribution in [0.2, 0.25) is 0 Å². The van der Waals surface area contributed by atoms with E-state index in [-0.39, 0.29) is 18.1 Å². The highest BCUT2D eigenvalue weighted by Crippen LogP contribution is 2.10. The number of hydrogen-bond acceptors (Lipinski definition) is 4. The third kappa shape index (κ3) is 5.06. The first kappa shape index (κ1) is 16.4. The summed E-state index contributed by atoms with van der Waals surface area (Å²) in [5, 5.41) is 11.2. The Hall–Kier alpha value is -2.70. The lowest BCUT2D eigenvalue weighted by Gasteiger charge is -2.17. The summed E-state index contributed by atoms with van der Waals surface area (Å²) < 4.78 is 0. The number of nitrogens with one attached hydrogen (secondary N) is 1. The lowest BCUT2D eigenvalue weighted by Crippen LogP contribution is -2.38. The Balaban J connectivity index is 2.91. The molecule has 0 aliphatic rings. The van der Waals surface area contributed by atoms with Gasteiger partial charge >= 0.3 is 5.97 Å². The van der Waals surface area contributed by atoms with Gasteiger partial charge in [-0.3, -0.25) is 14.6 Å². The lowest BCUT2D eigenvalue weighted by atomic mass is 10.1. The monoisotopic (exact) mass is 291 g/mol. The Morgan fingerprint density at radius 1 is 1.43 bits per heavy atom. The van der Waals surface area contributed by atoms with E-state index in [1.54, 1.807) is 19.1 Å². The molecule has 0 saturated carbocycles. The van der Waals surface area contributed by atoms with E-state index < -0.39 is 11.9 Å². The topological polar surface area (TPSA) is 99.6 Å².